The molecule has 21 heavy (non-hydrogen) atoms. The van der Waals surface area contributed by atoms with Gasteiger partial charge in [-0.2, -0.15) is 0 Å². The molecule has 3 atom stereocenters. The van der Waals surface area contributed by atoms with Crippen molar-refractivity contribution in [2.75, 3.05) is 0 Å². The molecule has 3 radical (unpaired) electrons. The first-order valence-corrected chi connectivity index (χ1v) is 15.8. The molecule has 3 rings (SSSR count). The molecule has 1 saturated carbocycles. The monoisotopic (exact) mass is 361 g/mol. The van der Waals surface area contributed by atoms with Crippen LogP contribution in [0.1, 0.15) is 25.7 Å². The molecule has 119 valence electrons. The second-order valence-corrected chi connectivity index (χ2v) is 17.4. The molecule has 0 aromatic carbocycles. The number of ether oxygens (including phenoxy) is 1. The molecule has 3 aliphatic rings. The number of epoxide rings is 1. The smallest absolute Gasteiger partial charge is 0.413 e. The predicted molar refractivity (Wildman–Crippen MR) is 86.2 cm³/mol. The van der Waals surface area contributed by atoms with Crippen molar-refractivity contribution < 1.29 is 21.2 Å². The zero-order chi connectivity index (χ0) is 15.1. The molecule has 2 heterocycles. The van der Waals surface area contributed by atoms with Crippen LogP contribution in [-0.2, 0) is 21.2 Å². The fourth-order valence-electron chi connectivity index (χ4n) is 3.01. The van der Waals surface area contributed by atoms with Gasteiger partial charge in [-0.05, 0) is 63.8 Å². The number of hydrogen-bond donors (Lipinski definition) is 0. The summed E-state index contributed by atoms with van der Waals surface area (Å²) in [6.07, 6.45) is 6.11. The Hall–Kier alpha value is 0.668. The van der Waals surface area contributed by atoms with E-state index >= 15 is 0 Å². The van der Waals surface area contributed by atoms with E-state index in [1.54, 1.807) is 0 Å². The molecule has 0 aromatic heterocycles. The molecule has 2 saturated heterocycles. The van der Waals surface area contributed by atoms with Crippen molar-refractivity contribution in [3.63, 3.8) is 0 Å². The van der Waals surface area contributed by atoms with Gasteiger partial charge in [0, 0.05) is 0 Å². The van der Waals surface area contributed by atoms with E-state index in [-0.39, 0.29) is 10.0 Å². The Labute approximate surface area is 134 Å². The molecular formula is C12H25O5Si4. The molecule has 9 heteroatoms. The SMILES string of the molecule is C[Si]1(C)O[Si]O[Si](C)(C)O[Si](CCC2CCC3OC3C2)O1. The van der Waals surface area contributed by atoms with Crippen LogP contribution in [-0.4, -0.2) is 48.6 Å². The zero-order valence-electron chi connectivity index (χ0n) is 13.3. The fourth-order valence-corrected chi connectivity index (χ4v) is 12.6. The minimum Gasteiger partial charge on any atom is -0.415 e. The summed E-state index contributed by atoms with van der Waals surface area (Å²) < 4.78 is 29.8. The highest BCUT2D eigenvalue weighted by Crippen LogP contribution is 2.41. The number of hydrogen-bond acceptors (Lipinski definition) is 5. The van der Waals surface area contributed by atoms with Gasteiger partial charge in [0.2, 0.25) is 0 Å². The van der Waals surface area contributed by atoms with E-state index in [4.69, 9.17) is 21.2 Å². The van der Waals surface area contributed by atoms with Crippen LogP contribution in [0.2, 0.25) is 32.2 Å². The summed E-state index contributed by atoms with van der Waals surface area (Å²) in [5.41, 5.74) is 0. The lowest BCUT2D eigenvalue weighted by atomic mass is 9.88. The van der Waals surface area contributed by atoms with Crippen molar-refractivity contribution in [1.29, 1.82) is 0 Å². The van der Waals surface area contributed by atoms with Gasteiger partial charge in [-0.25, -0.2) is 0 Å². The first-order valence-electron chi connectivity index (χ1n) is 7.83. The summed E-state index contributed by atoms with van der Waals surface area (Å²) in [5.74, 6) is 0.780. The van der Waals surface area contributed by atoms with E-state index in [9.17, 15) is 0 Å². The van der Waals surface area contributed by atoms with Gasteiger partial charge in [0.25, 0.3) is 0 Å². The van der Waals surface area contributed by atoms with E-state index < -0.39 is 26.4 Å². The number of fused-ring (bicyclic) bond motifs is 1. The van der Waals surface area contributed by atoms with Crippen molar-refractivity contribution in [1.82, 2.24) is 0 Å². The van der Waals surface area contributed by atoms with Gasteiger partial charge in [-0.3, -0.25) is 0 Å². The minimum absolute atomic E-state index is 0.0647. The van der Waals surface area contributed by atoms with Crippen molar-refractivity contribution in [3.05, 3.63) is 0 Å². The third kappa shape index (κ3) is 4.82. The average Bonchev–Trinajstić information content (AvgIpc) is 3.11. The van der Waals surface area contributed by atoms with Gasteiger partial charge >= 0.3 is 36.4 Å². The van der Waals surface area contributed by atoms with Crippen LogP contribution in [0.25, 0.3) is 0 Å². The largest absolute Gasteiger partial charge is 0.415 e. The van der Waals surface area contributed by atoms with Crippen molar-refractivity contribution in [2.45, 2.75) is 70.1 Å². The predicted octanol–water partition coefficient (Wildman–Crippen LogP) is 2.45. The standard InChI is InChI=1S/C12H25O5Si4/c1-20(2)14-18-15-21(3,4)17-19(16-20)8-7-10-5-6-11-12(9-10)13-11/h10-12H,5-9H2,1-4H3. The first kappa shape index (κ1) is 16.5. The molecule has 0 spiro atoms. The topological polar surface area (TPSA) is 49.5 Å². The van der Waals surface area contributed by atoms with E-state index in [0.717, 1.165) is 12.0 Å². The Morgan fingerprint density at radius 3 is 2.29 bits per heavy atom. The van der Waals surface area contributed by atoms with Crippen molar-refractivity contribution in [3.8, 4) is 0 Å². The highest BCUT2D eigenvalue weighted by molar-refractivity contribution is 6.82. The van der Waals surface area contributed by atoms with Gasteiger partial charge in [0.15, 0.2) is 0 Å². The van der Waals surface area contributed by atoms with Gasteiger partial charge in [-0.15, -0.1) is 0 Å². The Bertz CT molecular complexity index is 363. The first-order chi connectivity index (χ1) is 9.83. The van der Waals surface area contributed by atoms with Crippen molar-refractivity contribution in [2.24, 2.45) is 5.92 Å². The lowest BCUT2D eigenvalue weighted by Gasteiger charge is -2.36. The maximum absolute atomic E-state index is 6.27. The van der Waals surface area contributed by atoms with E-state index in [2.05, 4.69) is 26.2 Å². The van der Waals surface area contributed by atoms with Crippen LogP contribution in [0.3, 0.4) is 0 Å². The molecule has 5 nitrogen and oxygen atoms in total. The molecular weight excluding hydrogens is 336 g/mol. The third-order valence-corrected chi connectivity index (χ3v) is 15.2. The van der Waals surface area contributed by atoms with Crippen LogP contribution >= 0.6 is 0 Å². The van der Waals surface area contributed by atoms with Crippen LogP contribution in [0.15, 0.2) is 0 Å². The maximum atomic E-state index is 6.27. The quantitative estimate of drug-likeness (QED) is 0.571. The summed E-state index contributed by atoms with van der Waals surface area (Å²) in [7, 11) is -5.39. The molecule has 3 fully saturated rings. The second kappa shape index (κ2) is 6.28. The van der Waals surface area contributed by atoms with Gasteiger partial charge < -0.3 is 21.2 Å². The fraction of sp³-hybridized carbons (Fsp3) is 1.00. The maximum Gasteiger partial charge on any atom is 0.413 e. The second-order valence-electron chi connectivity index (χ2n) is 7.09. The van der Waals surface area contributed by atoms with E-state index in [0.29, 0.717) is 12.2 Å². The van der Waals surface area contributed by atoms with Gasteiger partial charge in [0.05, 0.1) is 12.2 Å². The molecule has 0 bridgehead atoms. The Morgan fingerprint density at radius 1 is 1.00 bits per heavy atom. The lowest BCUT2D eigenvalue weighted by Crippen LogP contribution is -2.53. The molecule has 0 amide bonds. The van der Waals surface area contributed by atoms with E-state index in [1.165, 1.54) is 25.7 Å². The summed E-state index contributed by atoms with van der Waals surface area (Å²) in [6, 6.07) is 1.04. The van der Waals surface area contributed by atoms with Crippen LogP contribution in [0.5, 0.6) is 0 Å². The van der Waals surface area contributed by atoms with Crippen LogP contribution in [0.4, 0.5) is 0 Å². The Kier molecular flexibility index (Phi) is 4.94. The zero-order valence-corrected chi connectivity index (χ0v) is 17.3. The van der Waals surface area contributed by atoms with Crippen LogP contribution in [0, 0.1) is 5.92 Å². The van der Waals surface area contributed by atoms with Gasteiger partial charge in [-0.1, -0.05) is 0 Å². The molecule has 3 unspecified atom stereocenters. The molecule has 1 aliphatic carbocycles. The number of rotatable bonds is 3. The minimum atomic E-state index is -2.09. The average molecular weight is 362 g/mol. The third-order valence-electron chi connectivity index (χ3n) is 4.16. The molecule has 0 N–H and O–H groups in total. The normalized spacial score (nSPS) is 39.1. The summed E-state index contributed by atoms with van der Waals surface area (Å²) in [5, 5.41) is 0. The summed E-state index contributed by atoms with van der Waals surface area (Å²) >= 11 is 0. The van der Waals surface area contributed by atoms with Gasteiger partial charge in [0.1, 0.15) is 0 Å². The summed E-state index contributed by atoms with van der Waals surface area (Å²) in [4.78, 5) is 0. The summed E-state index contributed by atoms with van der Waals surface area (Å²) in [6.45, 7) is 8.34. The molecule has 0 aromatic rings. The highest BCUT2D eigenvalue weighted by atomic mass is 28.5. The lowest BCUT2D eigenvalue weighted by molar-refractivity contribution is 0.268. The van der Waals surface area contributed by atoms with Crippen LogP contribution < -0.4 is 0 Å². The Balaban J connectivity index is 1.52. The highest BCUT2D eigenvalue weighted by Gasteiger charge is 2.45. The van der Waals surface area contributed by atoms with E-state index in [1.807, 2.05) is 0 Å². The Morgan fingerprint density at radius 2 is 1.67 bits per heavy atom. The molecule has 2 aliphatic heterocycles. The van der Waals surface area contributed by atoms with Crippen molar-refractivity contribution >= 4 is 36.4 Å².